The zero-order valence-electron chi connectivity index (χ0n) is 11.1. The van der Waals surface area contributed by atoms with Gasteiger partial charge in [-0.25, -0.2) is 0 Å². The van der Waals surface area contributed by atoms with E-state index >= 15 is 0 Å². The second-order valence-electron chi connectivity index (χ2n) is 6.44. The Bertz CT molecular complexity index is 433. The summed E-state index contributed by atoms with van der Waals surface area (Å²) in [6.07, 6.45) is 4.34. The number of carbonyl (C=O) groups excluding carboxylic acids is 1. The van der Waals surface area contributed by atoms with E-state index in [2.05, 4.69) is 20.4 Å². The Morgan fingerprint density at radius 1 is 1.39 bits per heavy atom. The van der Waals surface area contributed by atoms with Crippen LogP contribution in [0.1, 0.15) is 33.1 Å². The van der Waals surface area contributed by atoms with Gasteiger partial charge in [0.1, 0.15) is 0 Å². The molecule has 0 N–H and O–H groups in total. The summed E-state index contributed by atoms with van der Waals surface area (Å²) >= 11 is 0. The average molecular weight is 248 g/mol. The van der Waals surface area contributed by atoms with Crippen molar-refractivity contribution in [3.8, 4) is 0 Å². The Hall–Kier alpha value is -1.09. The van der Waals surface area contributed by atoms with Crippen molar-refractivity contribution in [2.24, 2.45) is 17.3 Å². The van der Waals surface area contributed by atoms with Crippen LogP contribution in [0.5, 0.6) is 0 Å². The maximum atomic E-state index is 11.4. The lowest BCUT2D eigenvalue weighted by Crippen LogP contribution is -2.18. The predicted molar refractivity (Wildman–Crippen MR) is 67.7 cm³/mol. The molecule has 0 unspecified atom stereocenters. The summed E-state index contributed by atoms with van der Waals surface area (Å²) in [7, 11) is 0. The summed E-state index contributed by atoms with van der Waals surface area (Å²) in [6, 6.07) is 0. The van der Waals surface area contributed by atoms with E-state index in [9.17, 15) is 4.79 Å². The molecular formula is C15H20O3. The zero-order valence-corrected chi connectivity index (χ0v) is 11.1. The van der Waals surface area contributed by atoms with E-state index in [4.69, 9.17) is 9.47 Å². The maximum absolute atomic E-state index is 11.4. The van der Waals surface area contributed by atoms with Gasteiger partial charge in [-0.1, -0.05) is 32.1 Å². The van der Waals surface area contributed by atoms with E-state index in [1.165, 1.54) is 11.1 Å². The number of hydrogen-bond donors (Lipinski definition) is 0. The number of hydrogen-bond acceptors (Lipinski definition) is 3. The molecule has 2 aliphatic heterocycles. The van der Waals surface area contributed by atoms with Crippen molar-refractivity contribution >= 4 is 5.97 Å². The van der Waals surface area contributed by atoms with Gasteiger partial charge >= 0.3 is 5.97 Å². The Morgan fingerprint density at radius 3 is 2.89 bits per heavy atom. The molecule has 3 aliphatic rings. The predicted octanol–water partition coefficient (Wildman–Crippen LogP) is 2.82. The first-order valence-electron chi connectivity index (χ1n) is 6.65. The molecule has 1 aliphatic carbocycles. The highest BCUT2D eigenvalue weighted by Crippen LogP contribution is 2.50. The van der Waals surface area contributed by atoms with Gasteiger partial charge in [0.15, 0.2) is 0 Å². The molecule has 0 aromatic carbocycles. The zero-order chi connectivity index (χ0) is 12.9. The normalized spacial score (nSPS) is 37.9. The second kappa shape index (κ2) is 3.95. The molecule has 0 bridgehead atoms. The molecule has 0 saturated carbocycles. The highest BCUT2D eigenvalue weighted by atomic mass is 16.7. The number of rotatable bonds is 2. The molecule has 3 atom stereocenters. The maximum Gasteiger partial charge on any atom is 0.308 e. The van der Waals surface area contributed by atoms with Crippen molar-refractivity contribution in [3.63, 3.8) is 0 Å². The van der Waals surface area contributed by atoms with Crippen LogP contribution in [0.4, 0.5) is 0 Å². The summed E-state index contributed by atoms with van der Waals surface area (Å²) in [5, 5.41) is 0. The minimum absolute atomic E-state index is 0.118. The van der Waals surface area contributed by atoms with Crippen molar-refractivity contribution in [1.29, 1.82) is 0 Å². The van der Waals surface area contributed by atoms with Gasteiger partial charge in [-0.2, -0.15) is 0 Å². The number of allylic oxidation sites excluding steroid dienone is 2. The van der Waals surface area contributed by atoms with Gasteiger partial charge in [-0.05, 0) is 23.8 Å². The van der Waals surface area contributed by atoms with Gasteiger partial charge in [-0.3, -0.25) is 4.79 Å². The van der Waals surface area contributed by atoms with Crippen molar-refractivity contribution in [3.05, 3.63) is 23.8 Å². The lowest BCUT2D eigenvalue weighted by atomic mass is 9.82. The minimum atomic E-state index is -0.301. The molecule has 0 amide bonds. The summed E-state index contributed by atoms with van der Waals surface area (Å²) in [5.74, 6) is 0.445. The first kappa shape index (κ1) is 12.0. The van der Waals surface area contributed by atoms with Gasteiger partial charge in [0.25, 0.3) is 0 Å². The molecule has 3 heteroatoms. The van der Waals surface area contributed by atoms with E-state index in [0.29, 0.717) is 24.4 Å². The molecule has 0 spiro atoms. The van der Waals surface area contributed by atoms with Crippen LogP contribution in [0.3, 0.4) is 0 Å². The number of esters is 1. The molecule has 18 heavy (non-hydrogen) atoms. The van der Waals surface area contributed by atoms with Crippen LogP contribution in [-0.2, 0) is 14.3 Å². The van der Waals surface area contributed by atoms with E-state index in [1.54, 1.807) is 0 Å². The van der Waals surface area contributed by atoms with Crippen LogP contribution in [0, 0.1) is 17.3 Å². The summed E-state index contributed by atoms with van der Waals surface area (Å²) in [6.45, 7) is 9.19. The summed E-state index contributed by atoms with van der Waals surface area (Å²) in [4.78, 5) is 11.4. The molecule has 3 rings (SSSR count). The fourth-order valence-corrected chi connectivity index (χ4v) is 3.62. The van der Waals surface area contributed by atoms with Crippen LogP contribution in [-0.4, -0.2) is 18.9 Å². The van der Waals surface area contributed by atoms with Crippen molar-refractivity contribution in [2.75, 3.05) is 6.61 Å². The monoisotopic (exact) mass is 248 g/mol. The van der Waals surface area contributed by atoms with Gasteiger partial charge < -0.3 is 9.47 Å². The standard InChI is InChI=1S/C15H20O3/c1-4-9-6-15(2,3)7-11(9)12-8-17-14-10(12)5-13(16)18-14/h4,10,12,14H,1,5-8H2,2-3H3/t10-,12+,14-/m1/s1. The Labute approximate surface area is 108 Å². The van der Waals surface area contributed by atoms with Gasteiger partial charge in [-0.15, -0.1) is 0 Å². The van der Waals surface area contributed by atoms with Gasteiger partial charge in [0.05, 0.1) is 13.0 Å². The second-order valence-corrected chi connectivity index (χ2v) is 6.44. The SMILES string of the molecule is C=CC1=C([C@H]2CO[C@@H]3OC(=O)C[C@@H]32)CC(C)(C)C1. The van der Waals surface area contributed by atoms with Crippen LogP contribution in [0.25, 0.3) is 0 Å². The third-order valence-corrected chi connectivity index (χ3v) is 4.40. The quantitative estimate of drug-likeness (QED) is 0.705. The molecular weight excluding hydrogens is 228 g/mol. The van der Waals surface area contributed by atoms with Crippen molar-refractivity contribution < 1.29 is 14.3 Å². The summed E-state index contributed by atoms with van der Waals surface area (Å²) in [5.41, 5.74) is 3.11. The first-order valence-corrected chi connectivity index (χ1v) is 6.65. The number of fused-ring (bicyclic) bond motifs is 1. The van der Waals surface area contributed by atoms with E-state index < -0.39 is 0 Å². The average Bonchev–Trinajstić information content (AvgIpc) is 2.89. The fourth-order valence-electron chi connectivity index (χ4n) is 3.62. The van der Waals surface area contributed by atoms with E-state index in [0.717, 1.165) is 12.8 Å². The first-order chi connectivity index (χ1) is 8.50. The van der Waals surface area contributed by atoms with Crippen LogP contribution in [0.15, 0.2) is 23.8 Å². The third-order valence-electron chi connectivity index (χ3n) is 4.40. The van der Waals surface area contributed by atoms with Crippen LogP contribution >= 0.6 is 0 Å². The summed E-state index contributed by atoms with van der Waals surface area (Å²) < 4.78 is 10.8. The van der Waals surface area contributed by atoms with Gasteiger partial charge in [0, 0.05) is 11.8 Å². The lowest BCUT2D eigenvalue weighted by molar-refractivity contribution is -0.158. The van der Waals surface area contributed by atoms with Crippen LogP contribution < -0.4 is 0 Å². The molecule has 0 aromatic rings. The largest absolute Gasteiger partial charge is 0.435 e. The molecule has 0 radical (unpaired) electrons. The molecule has 3 nitrogen and oxygen atoms in total. The van der Waals surface area contributed by atoms with E-state index in [1.807, 2.05) is 6.08 Å². The van der Waals surface area contributed by atoms with Crippen molar-refractivity contribution in [2.45, 2.75) is 39.4 Å². The Balaban J connectivity index is 1.87. The smallest absolute Gasteiger partial charge is 0.308 e. The Morgan fingerprint density at radius 2 is 2.17 bits per heavy atom. The van der Waals surface area contributed by atoms with Gasteiger partial charge in [0.2, 0.25) is 6.29 Å². The number of carbonyl (C=O) groups is 1. The molecule has 98 valence electrons. The molecule has 2 heterocycles. The lowest BCUT2D eigenvalue weighted by Gasteiger charge is -2.20. The number of ether oxygens (including phenoxy) is 2. The highest BCUT2D eigenvalue weighted by Gasteiger charge is 2.49. The molecule has 0 aromatic heterocycles. The molecule has 2 saturated heterocycles. The fraction of sp³-hybridized carbons (Fsp3) is 0.667. The molecule has 2 fully saturated rings. The van der Waals surface area contributed by atoms with Crippen LogP contribution in [0.2, 0.25) is 0 Å². The Kier molecular flexibility index (Phi) is 2.63. The third kappa shape index (κ3) is 1.81. The highest BCUT2D eigenvalue weighted by molar-refractivity contribution is 5.72. The van der Waals surface area contributed by atoms with Crippen molar-refractivity contribution in [1.82, 2.24) is 0 Å². The van der Waals surface area contributed by atoms with E-state index in [-0.39, 0.29) is 18.2 Å². The minimum Gasteiger partial charge on any atom is -0.435 e. The topological polar surface area (TPSA) is 35.5 Å².